The van der Waals surface area contributed by atoms with Gasteiger partial charge in [-0.3, -0.25) is 0 Å². The molecule has 0 saturated carbocycles. The summed E-state index contributed by atoms with van der Waals surface area (Å²) in [4.78, 5) is 1.94. The molecular formula is C12H13BrN2O2S. The minimum Gasteiger partial charge on any atom is -0.370 e. The molecule has 1 atom stereocenters. The highest BCUT2D eigenvalue weighted by Gasteiger charge is 2.30. The van der Waals surface area contributed by atoms with Gasteiger partial charge < -0.3 is 4.90 Å². The molecule has 1 aliphatic heterocycles. The number of halogens is 1. The third-order valence-corrected chi connectivity index (χ3v) is 5.38. The molecule has 96 valence electrons. The molecule has 1 heterocycles. The summed E-state index contributed by atoms with van der Waals surface area (Å²) in [5.41, 5.74) is 1.43. The van der Waals surface area contributed by atoms with E-state index in [4.69, 9.17) is 5.26 Å². The average Bonchev–Trinajstić information content (AvgIpc) is 2.67. The first-order valence-corrected chi connectivity index (χ1v) is 8.17. The molecule has 1 unspecified atom stereocenters. The summed E-state index contributed by atoms with van der Waals surface area (Å²) in [7, 11) is -1.02. The van der Waals surface area contributed by atoms with E-state index in [0.29, 0.717) is 12.0 Å². The zero-order valence-corrected chi connectivity index (χ0v) is 12.3. The highest BCUT2D eigenvalue weighted by molar-refractivity contribution is 9.10. The molecule has 1 aromatic carbocycles. The molecule has 1 aliphatic rings. The van der Waals surface area contributed by atoms with Gasteiger partial charge in [0.15, 0.2) is 9.84 Å². The Hall–Kier alpha value is -1.06. The molecule has 6 heteroatoms. The standard InChI is InChI=1S/C12H13BrN2O2S/c1-15(11-2-3-18(16,17)8-11)12-5-9(7-14)4-10(13)6-12/h4-6,11H,2-3,8H2,1H3. The van der Waals surface area contributed by atoms with Crippen molar-refractivity contribution in [2.75, 3.05) is 23.5 Å². The van der Waals surface area contributed by atoms with Gasteiger partial charge in [0.1, 0.15) is 0 Å². The molecule has 0 aromatic heterocycles. The summed E-state index contributed by atoms with van der Waals surface area (Å²) in [6.07, 6.45) is 0.646. The summed E-state index contributed by atoms with van der Waals surface area (Å²) in [6.45, 7) is 0. The topological polar surface area (TPSA) is 61.2 Å². The summed E-state index contributed by atoms with van der Waals surface area (Å²) in [6, 6.07) is 7.50. The van der Waals surface area contributed by atoms with Crippen molar-refractivity contribution in [2.24, 2.45) is 0 Å². The van der Waals surface area contributed by atoms with Gasteiger partial charge in [-0.2, -0.15) is 5.26 Å². The SMILES string of the molecule is CN(c1cc(Br)cc(C#N)c1)C1CCS(=O)(=O)C1. The maximum Gasteiger partial charge on any atom is 0.152 e. The Labute approximate surface area is 115 Å². The van der Waals surface area contributed by atoms with Crippen LogP contribution in [0.2, 0.25) is 0 Å². The van der Waals surface area contributed by atoms with Gasteiger partial charge >= 0.3 is 0 Å². The first-order chi connectivity index (χ1) is 8.41. The monoisotopic (exact) mass is 328 g/mol. The summed E-state index contributed by atoms with van der Waals surface area (Å²) >= 11 is 3.36. The van der Waals surface area contributed by atoms with Crippen molar-refractivity contribution in [3.05, 3.63) is 28.2 Å². The number of sulfone groups is 1. The molecule has 0 radical (unpaired) electrons. The molecule has 2 rings (SSSR count). The minimum absolute atomic E-state index is 0.00385. The third-order valence-electron chi connectivity index (χ3n) is 3.18. The number of nitriles is 1. The fourth-order valence-electron chi connectivity index (χ4n) is 2.13. The van der Waals surface area contributed by atoms with Crippen LogP contribution in [0.4, 0.5) is 5.69 Å². The number of hydrogen-bond donors (Lipinski definition) is 0. The first-order valence-electron chi connectivity index (χ1n) is 5.55. The number of benzene rings is 1. The van der Waals surface area contributed by atoms with Gasteiger partial charge in [-0.1, -0.05) is 15.9 Å². The molecular weight excluding hydrogens is 316 g/mol. The molecule has 18 heavy (non-hydrogen) atoms. The third kappa shape index (κ3) is 2.85. The fourth-order valence-corrected chi connectivity index (χ4v) is 4.39. The average molecular weight is 329 g/mol. The Balaban J connectivity index is 2.27. The molecule has 0 N–H and O–H groups in total. The van der Waals surface area contributed by atoms with Crippen LogP contribution in [0.15, 0.2) is 22.7 Å². The van der Waals surface area contributed by atoms with E-state index in [-0.39, 0.29) is 17.5 Å². The summed E-state index contributed by atoms with van der Waals surface area (Å²) < 4.78 is 23.8. The minimum atomic E-state index is -2.89. The lowest BCUT2D eigenvalue weighted by Crippen LogP contribution is -2.32. The maximum atomic E-state index is 11.5. The van der Waals surface area contributed by atoms with Gasteiger partial charge in [0, 0.05) is 23.2 Å². The van der Waals surface area contributed by atoms with Crippen LogP contribution in [0.25, 0.3) is 0 Å². The predicted molar refractivity (Wildman–Crippen MR) is 74.3 cm³/mol. The van der Waals surface area contributed by atoms with Gasteiger partial charge in [0.25, 0.3) is 0 Å². The van der Waals surface area contributed by atoms with E-state index in [1.165, 1.54) is 0 Å². The smallest absolute Gasteiger partial charge is 0.152 e. The van der Waals surface area contributed by atoms with Crippen molar-refractivity contribution < 1.29 is 8.42 Å². The van der Waals surface area contributed by atoms with E-state index in [0.717, 1.165) is 10.2 Å². The van der Waals surface area contributed by atoms with Crippen molar-refractivity contribution in [1.29, 1.82) is 5.26 Å². The molecule has 0 bridgehead atoms. The van der Waals surface area contributed by atoms with Crippen LogP contribution in [0.5, 0.6) is 0 Å². The van der Waals surface area contributed by atoms with E-state index in [9.17, 15) is 8.42 Å². The van der Waals surface area contributed by atoms with E-state index in [1.807, 2.05) is 18.0 Å². The van der Waals surface area contributed by atoms with Crippen LogP contribution in [-0.4, -0.2) is 33.0 Å². The highest BCUT2D eigenvalue weighted by atomic mass is 79.9. The first kappa shape index (κ1) is 13.4. The Morgan fingerprint density at radius 2 is 2.17 bits per heavy atom. The molecule has 0 spiro atoms. The van der Waals surface area contributed by atoms with Crippen LogP contribution in [0.3, 0.4) is 0 Å². The lowest BCUT2D eigenvalue weighted by Gasteiger charge is -2.26. The van der Waals surface area contributed by atoms with Gasteiger partial charge in [0.05, 0.1) is 23.1 Å². The van der Waals surface area contributed by atoms with Crippen LogP contribution >= 0.6 is 15.9 Å². The van der Waals surface area contributed by atoms with Crippen LogP contribution in [0, 0.1) is 11.3 Å². The van der Waals surface area contributed by atoms with Crippen molar-refractivity contribution in [3.63, 3.8) is 0 Å². The second-order valence-electron chi connectivity index (χ2n) is 4.48. The maximum absolute atomic E-state index is 11.5. The zero-order chi connectivity index (χ0) is 13.3. The van der Waals surface area contributed by atoms with Gasteiger partial charge in [0.2, 0.25) is 0 Å². The predicted octanol–water partition coefficient (Wildman–Crippen LogP) is 1.94. The van der Waals surface area contributed by atoms with Gasteiger partial charge in [-0.05, 0) is 24.6 Å². The van der Waals surface area contributed by atoms with E-state index in [2.05, 4.69) is 22.0 Å². The van der Waals surface area contributed by atoms with Crippen LogP contribution in [0.1, 0.15) is 12.0 Å². The molecule has 0 aliphatic carbocycles. The largest absolute Gasteiger partial charge is 0.370 e. The van der Waals surface area contributed by atoms with Crippen molar-refractivity contribution in [1.82, 2.24) is 0 Å². The van der Waals surface area contributed by atoms with Gasteiger partial charge in [-0.15, -0.1) is 0 Å². The normalized spacial score (nSPS) is 21.5. The molecule has 1 aromatic rings. The highest BCUT2D eigenvalue weighted by Crippen LogP contribution is 2.26. The molecule has 1 saturated heterocycles. The second-order valence-corrected chi connectivity index (χ2v) is 7.62. The summed E-state index contributed by atoms with van der Waals surface area (Å²) in [5.74, 6) is 0.443. The zero-order valence-electron chi connectivity index (χ0n) is 9.93. The van der Waals surface area contributed by atoms with Crippen LogP contribution in [-0.2, 0) is 9.84 Å². The van der Waals surface area contributed by atoms with E-state index < -0.39 is 9.84 Å². The molecule has 0 amide bonds. The van der Waals surface area contributed by atoms with Gasteiger partial charge in [-0.25, -0.2) is 8.42 Å². The van der Waals surface area contributed by atoms with E-state index >= 15 is 0 Å². The Kier molecular flexibility index (Phi) is 3.64. The van der Waals surface area contributed by atoms with Crippen molar-refractivity contribution in [3.8, 4) is 6.07 Å². The molecule has 4 nitrogen and oxygen atoms in total. The lowest BCUT2D eigenvalue weighted by atomic mass is 10.1. The Morgan fingerprint density at radius 3 is 2.72 bits per heavy atom. The number of nitrogens with zero attached hydrogens (tertiary/aromatic N) is 2. The van der Waals surface area contributed by atoms with E-state index in [1.54, 1.807) is 12.1 Å². The second kappa shape index (κ2) is 4.90. The number of anilines is 1. The van der Waals surface area contributed by atoms with Crippen molar-refractivity contribution >= 4 is 31.5 Å². The Bertz CT molecular complexity index is 607. The number of hydrogen-bond acceptors (Lipinski definition) is 4. The lowest BCUT2D eigenvalue weighted by molar-refractivity contribution is 0.601. The van der Waals surface area contributed by atoms with Crippen molar-refractivity contribution in [2.45, 2.75) is 12.5 Å². The number of rotatable bonds is 2. The molecule has 1 fully saturated rings. The quantitative estimate of drug-likeness (QED) is 0.832. The fraction of sp³-hybridized carbons (Fsp3) is 0.417. The van der Waals surface area contributed by atoms with Crippen LogP contribution < -0.4 is 4.90 Å². The Morgan fingerprint density at radius 1 is 1.44 bits per heavy atom. The summed E-state index contributed by atoms with van der Waals surface area (Å²) in [5, 5.41) is 8.93.